The Morgan fingerprint density at radius 3 is 2.20 bits per heavy atom. The maximum absolute atomic E-state index is 11.7. The quantitative estimate of drug-likeness (QED) is 0.820. The van der Waals surface area contributed by atoms with E-state index in [1.54, 1.807) is 0 Å². The average Bonchev–Trinajstić information content (AvgIpc) is 2.41. The van der Waals surface area contributed by atoms with E-state index in [-0.39, 0.29) is 0 Å². The summed E-state index contributed by atoms with van der Waals surface area (Å²) in [5.74, 6) is 0.0489. The molecule has 5 nitrogen and oxygen atoms in total. The molecule has 0 aromatic carbocycles. The van der Waals surface area contributed by atoms with Crippen LogP contribution >= 0.6 is 0 Å². The van der Waals surface area contributed by atoms with Crippen molar-refractivity contribution in [3.63, 3.8) is 0 Å². The molecule has 2 aliphatic heterocycles. The molecular weight excluding hydrogens is 256 g/mol. The minimum absolute atomic E-state index is 0.583. The van der Waals surface area contributed by atoms with Gasteiger partial charge in [0.15, 0.2) is 0 Å². The molecule has 5 heteroatoms. The molecular formula is C15H28N2O3. The van der Waals surface area contributed by atoms with Gasteiger partial charge < -0.3 is 14.7 Å². The van der Waals surface area contributed by atoms with Gasteiger partial charge in [-0.05, 0) is 18.8 Å². The molecule has 0 spiro atoms. The molecule has 2 rings (SSSR count). The lowest BCUT2D eigenvalue weighted by Gasteiger charge is -2.41. The Hall–Kier alpha value is -0.650. The zero-order valence-corrected chi connectivity index (χ0v) is 12.8. The lowest BCUT2D eigenvalue weighted by Crippen LogP contribution is -2.53. The fourth-order valence-corrected chi connectivity index (χ4v) is 3.28. The van der Waals surface area contributed by atoms with Crippen molar-refractivity contribution in [3.05, 3.63) is 0 Å². The van der Waals surface area contributed by atoms with Crippen LogP contribution in [0.1, 0.15) is 26.7 Å². The lowest BCUT2D eigenvalue weighted by molar-refractivity contribution is -0.157. The van der Waals surface area contributed by atoms with Crippen molar-refractivity contribution in [2.45, 2.75) is 26.7 Å². The Morgan fingerprint density at radius 1 is 1.15 bits per heavy atom. The number of ether oxygens (including phenoxy) is 1. The third-order valence-corrected chi connectivity index (χ3v) is 4.52. The minimum Gasteiger partial charge on any atom is -0.481 e. The van der Waals surface area contributed by atoms with E-state index in [1.807, 2.05) is 0 Å². The molecule has 116 valence electrons. The van der Waals surface area contributed by atoms with Crippen LogP contribution in [0.4, 0.5) is 0 Å². The second-order valence-corrected chi connectivity index (χ2v) is 6.67. The SMILES string of the molecule is CC(C)CN1CCN(CC2(C(=O)O)CCOCC2)CC1. The van der Waals surface area contributed by atoms with Crippen LogP contribution in [0.3, 0.4) is 0 Å². The molecule has 2 aliphatic rings. The third kappa shape index (κ3) is 3.93. The van der Waals surface area contributed by atoms with E-state index in [4.69, 9.17) is 4.74 Å². The van der Waals surface area contributed by atoms with Crippen molar-refractivity contribution in [1.82, 2.24) is 9.80 Å². The summed E-state index contributed by atoms with van der Waals surface area (Å²) >= 11 is 0. The summed E-state index contributed by atoms with van der Waals surface area (Å²) in [4.78, 5) is 16.5. The van der Waals surface area contributed by atoms with Crippen molar-refractivity contribution in [1.29, 1.82) is 0 Å². The number of carboxylic acids is 1. The first kappa shape index (κ1) is 15.7. The number of aliphatic carboxylic acids is 1. The summed E-state index contributed by atoms with van der Waals surface area (Å²) in [5.41, 5.74) is -0.585. The molecule has 0 unspecified atom stereocenters. The summed E-state index contributed by atoms with van der Waals surface area (Å²) in [6.07, 6.45) is 1.29. The number of piperazine rings is 1. The van der Waals surface area contributed by atoms with Gasteiger partial charge in [-0.2, -0.15) is 0 Å². The summed E-state index contributed by atoms with van der Waals surface area (Å²) in [6, 6.07) is 0. The monoisotopic (exact) mass is 284 g/mol. The molecule has 0 atom stereocenters. The van der Waals surface area contributed by atoms with E-state index < -0.39 is 11.4 Å². The van der Waals surface area contributed by atoms with E-state index in [9.17, 15) is 9.90 Å². The van der Waals surface area contributed by atoms with Crippen molar-refractivity contribution < 1.29 is 14.6 Å². The van der Waals surface area contributed by atoms with Gasteiger partial charge in [0.25, 0.3) is 0 Å². The molecule has 2 heterocycles. The maximum atomic E-state index is 11.7. The Balaban J connectivity index is 1.85. The van der Waals surface area contributed by atoms with Crippen LogP contribution in [0.15, 0.2) is 0 Å². The molecule has 0 aliphatic carbocycles. The molecule has 2 fully saturated rings. The van der Waals surface area contributed by atoms with Crippen LogP contribution in [-0.4, -0.2) is 73.4 Å². The molecule has 20 heavy (non-hydrogen) atoms. The van der Waals surface area contributed by atoms with Crippen molar-refractivity contribution in [2.24, 2.45) is 11.3 Å². The van der Waals surface area contributed by atoms with E-state index >= 15 is 0 Å². The Labute approximate surface area is 121 Å². The summed E-state index contributed by atoms with van der Waals surface area (Å²) in [6.45, 7) is 11.6. The average molecular weight is 284 g/mol. The first-order valence-electron chi connectivity index (χ1n) is 7.78. The number of rotatable bonds is 5. The predicted molar refractivity (Wildman–Crippen MR) is 77.8 cm³/mol. The number of nitrogens with zero attached hydrogens (tertiary/aromatic N) is 2. The number of hydrogen-bond donors (Lipinski definition) is 1. The molecule has 0 radical (unpaired) electrons. The van der Waals surface area contributed by atoms with Gasteiger partial charge in [0, 0.05) is 52.5 Å². The Morgan fingerprint density at radius 2 is 1.70 bits per heavy atom. The highest BCUT2D eigenvalue weighted by Gasteiger charge is 2.41. The fraction of sp³-hybridized carbons (Fsp3) is 0.933. The third-order valence-electron chi connectivity index (χ3n) is 4.52. The highest BCUT2D eigenvalue weighted by molar-refractivity contribution is 5.75. The van der Waals surface area contributed by atoms with Gasteiger partial charge in [0.05, 0.1) is 5.41 Å². The van der Waals surface area contributed by atoms with Crippen LogP contribution in [-0.2, 0) is 9.53 Å². The summed E-state index contributed by atoms with van der Waals surface area (Å²) in [5, 5.41) is 9.60. The first-order valence-corrected chi connectivity index (χ1v) is 7.78. The van der Waals surface area contributed by atoms with Crippen molar-refractivity contribution in [2.75, 3.05) is 52.5 Å². The van der Waals surface area contributed by atoms with Gasteiger partial charge >= 0.3 is 5.97 Å². The van der Waals surface area contributed by atoms with Crippen LogP contribution in [0.25, 0.3) is 0 Å². The maximum Gasteiger partial charge on any atom is 0.311 e. The number of carboxylic acid groups (broad SMARTS) is 1. The minimum atomic E-state index is -0.648. The van der Waals surface area contributed by atoms with E-state index in [1.165, 1.54) is 0 Å². The van der Waals surface area contributed by atoms with Crippen LogP contribution in [0.2, 0.25) is 0 Å². The standard InChI is InChI=1S/C15H28N2O3/c1-13(2)11-16-5-7-17(8-6-16)12-15(14(18)19)3-9-20-10-4-15/h13H,3-12H2,1-2H3,(H,18,19). The van der Waals surface area contributed by atoms with Crippen molar-refractivity contribution >= 4 is 5.97 Å². The highest BCUT2D eigenvalue weighted by Crippen LogP contribution is 2.32. The zero-order chi connectivity index (χ0) is 14.6. The molecule has 0 bridgehead atoms. The Kier molecular flexibility index (Phi) is 5.41. The van der Waals surface area contributed by atoms with Gasteiger partial charge in [-0.25, -0.2) is 0 Å². The fourth-order valence-electron chi connectivity index (χ4n) is 3.28. The van der Waals surface area contributed by atoms with Crippen LogP contribution in [0.5, 0.6) is 0 Å². The second kappa shape index (κ2) is 6.87. The van der Waals surface area contributed by atoms with Gasteiger partial charge in [-0.1, -0.05) is 13.8 Å². The predicted octanol–water partition coefficient (Wildman–Crippen LogP) is 1.14. The van der Waals surface area contributed by atoms with Crippen LogP contribution < -0.4 is 0 Å². The van der Waals surface area contributed by atoms with Gasteiger partial charge in [-0.3, -0.25) is 9.69 Å². The largest absolute Gasteiger partial charge is 0.481 e. The van der Waals surface area contributed by atoms with E-state index in [0.717, 1.165) is 32.7 Å². The zero-order valence-electron chi connectivity index (χ0n) is 12.8. The number of hydrogen-bond acceptors (Lipinski definition) is 4. The second-order valence-electron chi connectivity index (χ2n) is 6.67. The molecule has 2 saturated heterocycles. The molecule has 1 N–H and O–H groups in total. The topological polar surface area (TPSA) is 53.0 Å². The smallest absolute Gasteiger partial charge is 0.311 e. The normalized spacial score (nSPS) is 24.9. The van der Waals surface area contributed by atoms with Gasteiger partial charge in [0.1, 0.15) is 0 Å². The van der Waals surface area contributed by atoms with E-state index in [0.29, 0.717) is 38.5 Å². The lowest BCUT2D eigenvalue weighted by atomic mass is 9.79. The van der Waals surface area contributed by atoms with Crippen molar-refractivity contribution in [3.8, 4) is 0 Å². The Bertz CT molecular complexity index is 319. The molecule has 0 amide bonds. The molecule has 0 aromatic rings. The van der Waals surface area contributed by atoms with Gasteiger partial charge in [0.2, 0.25) is 0 Å². The molecule has 0 aromatic heterocycles. The first-order chi connectivity index (χ1) is 9.52. The number of carbonyl (C=O) groups is 1. The summed E-state index contributed by atoms with van der Waals surface area (Å²) < 4.78 is 5.33. The van der Waals surface area contributed by atoms with Gasteiger partial charge in [-0.15, -0.1) is 0 Å². The van der Waals surface area contributed by atoms with Crippen LogP contribution in [0, 0.1) is 11.3 Å². The highest BCUT2D eigenvalue weighted by atomic mass is 16.5. The van der Waals surface area contributed by atoms with E-state index in [2.05, 4.69) is 23.6 Å². The summed E-state index contributed by atoms with van der Waals surface area (Å²) in [7, 11) is 0. The molecule has 0 saturated carbocycles.